The maximum Gasteiger partial charge on any atom is 0.255 e. The number of carbonyl (C=O) groups is 2. The number of aromatic nitrogens is 3. The largest absolute Gasteiger partial charge is 0.366 e. The number of anilines is 1. The molecule has 8 heteroatoms. The lowest BCUT2D eigenvalue weighted by Gasteiger charge is -2.23. The molecule has 0 spiro atoms. The molecule has 1 fully saturated rings. The average Bonchev–Trinajstić information content (AvgIpc) is 3.41. The normalized spacial score (nSPS) is 16.1. The average molecular weight is 406 g/mol. The van der Waals surface area contributed by atoms with E-state index in [1.807, 2.05) is 12.3 Å². The van der Waals surface area contributed by atoms with Gasteiger partial charge in [0.1, 0.15) is 5.82 Å². The van der Waals surface area contributed by atoms with Crippen LogP contribution in [0.3, 0.4) is 0 Å². The minimum absolute atomic E-state index is 0.0210. The van der Waals surface area contributed by atoms with Crippen LogP contribution >= 0.6 is 0 Å². The number of nitrogens with one attached hydrogen (secondary N) is 2. The van der Waals surface area contributed by atoms with Gasteiger partial charge in [-0.2, -0.15) is 5.10 Å². The summed E-state index contributed by atoms with van der Waals surface area (Å²) in [5, 5.41) is 11.5. The molecule has 2 N–H and O–H groups in total. The Labute approximate surface area is 175 Å². The number of nitrogens with zero attached hydrogens (tertiary/aromatic N) is 4. The molecule has 2 aromatic heterocycles. The number of pyridine rings is 1. The van der Waals surface area contributed by atoms with Gasteiger partial charge in [-0.25, -0.2) is 4.98 Å². The summed E-state index contributed by atoms with van der Waals surface area (Å²) in [5.74, 6) is 0.681. The lowest BCUT2D eigenvalue weighted by Crippen LogP contribution is -2.38. The minimum atomic E-state index is -0.0488. The fourth-order valence-electron chi connectivity index (χ4n) is 3.92. The zero-order valence-electron chi connectivity index (χ0n) is 17.5. The molecule has 0 aliphatic carbocycles. The van der Waals surface area contributed by atoms with Crippen molar-refractivity contribution in [1.82, 2.24) is 25.0 Å². The second kappa shape index (κ2) is 8.14. The van der Waals surface area contributed by atoms with Gasteiger partial charge in [-0.1, -0.05) is 6.07 Å². The fraction of sp³-hybridized carbons (Fsp3) is 0.364. The van der Waals surface area contributed by atoms with Crippen molar-refractivity contribution in [2.75, 3.05) is 25.5 Å². The third-order valence-corrected chi connectivity index (χ3v) is 5.75. The zero-order chi connectivity index (χ0) is 21.3. The number of rotatable bonds is 5. The summed E-state index contributed by atoms with van der Waals surface area (Å²) in [7, 11) is 1.79. The number of likely N-dealkylation sites (N-methyl/N-ethyl adjacent to an activating group) is 1. The number of carbonyl (C=O) groups excluding carboxylic acids is 2. The van der Waals surface area contributed by atoms with Crippen LogP contribution in [0.2, 0.25) is 0 Å². The molecule has 0 radical (unpaired) electrons. The third kappa shape index (κ3) is 3.98. The van der Waals surface area contributed by atoms with E-state index in [0.717, 1.165) is 28.5 Å². The lowest BCUT2D eigenvalue weighted by molar-refractivity contribution is -0.129. The van der Waals surface area contributed by atoms with Crippen molar-refractivity contribution in [2.45, 2.75) is 32.9 Å². The molecule has 1 saturated heterocycles. The van der Waals surface area contributed by atoms with E-state index in [1.54, 1.807) is 36.0 Å². The van der Waals surface area contributed by atoms with Crippen molar-refractivity contribution in [3.8, 4) is 0 Å². The van der Waals surface area contributed by atoms with Gasteiger partial charge in [0.15, 0.2) is 0 Å². The van der Waals surface area contributed by atoms with E-state index in [0.29, 0.717) is 31.0 Å². The standard InChI is InChI=1S/C22H26N6O2/c1-14-8-17(19-12-25-26-20(19)9-14)11-24-21-5-4-16(10-23-21)22(30)28-7-6-18(13-28)27(3)15(2)29/h4-5,8-10,12,18H,6-7,11,13H2,1-3H3,(H,23,24)(H,25,26)/t18-/m0/s1. The van der Waals surface area contributed by atoms with Crippen molar-refractivity contribution >= 4 is 28.5 Å². The first-order chi connectivity index (χ1) is 14.4. The number of amides is 2. The fourth-order valence-corrected chi connectivity index (χ4v) is 3.92. The molecular formula is C22H26N6O2. The molecule has 1 atom stereocenters. The van der Waals surface area contributed by atoms with Gasteiger partial charge in [0.2, 0.25) is 5.91 Å². The topological polar surface area (TPSA) is 94.2 Å². The summed E-state index contributed by atoms with van der Waals surface area (Å²) >= 11 is 0. The highest BCUT2D eigenvalue weighted by Gasteiger charge is 2.30. The predicted molar refractivity (Wildman–Crippen MR) is 115 cm³/mol. The van der Waals surface area contributed by atoms with E-state index < -0.39 is 0 Å². The van der Waals surface area contributed by atoms with Crippen LogP contribution in [0.4, 0.5) is 5.82 Å². The molecule has 1 aliphatic heterocycles. The first-order valence-corrected chi connectivity index (χ1v) is 10.1. The Bertz CT molecular complexity index is 1070. The van der Waals surface area contributed by atoms with Crippen molar-refractivity contribution in [3.63, 3.8) is 0 Å². The second-order valence-corrected chi connectivity index (χ2v) is 7.86. The van der Waals surface area contributed by atoms with Crippen LogP contribution in [0.1, 0.15) is 34.8 Å². The van der Waals surface area contributed by atoms with Crippen LogP contribution in [0.5, 0.6) is 0 Å². The summed E-state index contributed by atoms with van der Waals surface area (Å²) in [6.07, 6.45) is 4.23. The monoisotopic (exact) mass is 406 g/mol. The van der Waals surface area contributed by atoms with Crippen LogP contribution < -0.4 is 5.32 Å². The first kappa shape index (κ1) is 19.9. The Morgan fingerprint density at radius 2 is 2.13 bits per heavy atom. The van der Waals surface area contributed by atoms with E-state index in [2.05, 4.69) is 39.6 Å². The molecule has 30 heavy (non-hydrogen) atoms. The molecule has 2 amide bonds. The Balaban J connectivity index is 1.39. The number of hydrogen-bond acceptors (Lipinski definition) is 5. The number of fused-ring (bicyclic) bond motifs is 1. The summed E-state index contributed by atoms with van der Waals surface area (Å²) in [6, 6.07) is 7.90. The molecule has 1 aromatic carbocycles. The highest BCUT2D eigenvalue weighted by Crippen LogP contribution is 2.21. The van der Waals surface area contributed by atoms with Gasteiger partial charge in [-0.05, 0) is 42.7 Å². The summed E-state index contributed by atoms with van der Waals surface area (Å²) in [4.78, 5) is 32.2. The van der Waals surface area contributed by atoms with Crippen molar-refractivity contribution < 1.29 is 9.59 Å². The zero-order valence-corrected chi connectivity index (χ0v) is 17.5. The maximum absolute atomic E-state index is 12.8. The molecule has 0 saturated carbocycles. The van der Waals surface area contributed by atoms with Crippen LogP contribution in [-0.4, -0.2) is 63.0 Å². The number of H-pyrrole nitrogens is 1. The number of likely N-dealkylation sites (tertiary alicyclic amines) is 1. The SMILES string of the molecule is CC(=O)N(C)[C@H]1CCN(C(=O)c2ccc(NCc3cc(C)cc4[nH]ncc34)nc2)C1. The van der Waals surface area contributed by atoms with E-state index >= 15 is 0 Å². The quantitative estimate of drug-likeness (QED) is 0.679. The predicted octanol–water partition coefficient (Wildman–Crippen LogP) is 2.57. The maximum atomic E-state index is 12.8. The van der Waals surface area contributed by atoms with Crippen LogP contribution in [0.25, 0.3) is 10.9 Å². The lowest BCUT2D eigenvalue weighted by atomic mass is 10.1. The van der Waals surface area contributed by atoms with E-state index in [-0.39, 0.29) is 17.9 Å². The van der Waals surface area contributed by atoms with E-state index in [4.69, 9.17) is 0 Å². The number of aromatic amines is 1. The molecule has 1 aliphatic rings. The highest BCUT2D eigenvalue weighted by atomic mass is 16.2. The Morgan fingerprint density at radius 3 is 2.87 bits per heavy atom. The molecule has 0 unspecified atom stereocenters. The van der Waals surface area contributed by atoms with Crippen molar-refractivity contribution in [2.24, 2.45) is 0 Å². The van der Waals surface area contributed by atoms with Gasteiger partial charge in [0, 0.05) is 45.2 Å². The van der Waals surface area contributed by atoms with Gasteiger partial charge >= 0.3 is 0 Å². The first-order valence-electron chi connectivity index (χ1n) is 10.1. The second-order valence-electron chi connectivity index (χ2n) is 7.86. The highest BCUT2D eigenvalue weighted by molar-refractivity contribution is 5.94. The van der Waals surface area contributed by atoms with Crippen molar-refractivity contribution in [3.05, 3.63) is 53.3 Å². The Morgan fingerprint density at radius 1 is 1.30 bits per heavy atom. The molecule has 0 bridgehead atoms. The summed E-state index contributed by atoms with van der Waals surface area (Å²) in [5.41, 5.74) is 3.87. The number of aryl methyl sites for hydroxylation is 1. The summed E-state index contributed by atoms with van der Waals surface area (Å²) in [6.45, 7) is 5.43. The van der Waals surface area contributed by atoms with Gasteiger partial charge < -0.3 is 15.1 Å². The molecule has 3 aromatic rings. The van der Waals surface area contributed by atoms with Crippen molar-refractivity contribution in [1.29, 1.82) is 0 Å². The Hall–Kier alpha value is -3.42. The van der Waals surface area contributed by atoms with Crippen LogP contribution in [0, 0.1) is 6.92 Å². The number of benzene rings is 1. The summed E-state index contributed by atoms with van der Waals surface area (Å²) < 4.78 is 0. The van der Waals surface area contributed by atoms with Gasteiger partial charge in [0.25, 0.3) is 5.91 Å². The molecule has 4 rings (SSSR count). The smallest absolute Gasteiger partial charge is 0.255 e. The van der Waals surface area contributed by atoms with Gasteiger partial charge in [-0.15, -0.1) is 0 Å². The Kier molecular flexibility index (Phi) is 5.39. The minimum Gasteiger partial charge on any atom is -0.366 e. The van der Waals surface area contributed by atoms with Crippen LogP contribution in [-0.2, 0) is 11.3 Å². The van der Waals surface area contributed by atoms with E-state index in [9.17, 15) is 9.59 Å². The number of hydrogen-bond donors (Lipinski definition) is 2. The molecular weight excluding hydrogens is 380 g/mol. The van der Waals surface area contributed by atoms with E-state index in [1.165, 1.54) is 0 Å². The van der Waals surface area contributed by atoms with Crippen LogP contribution in [0.15, 0.2) is 36.7 Å². The van der Waals surface area contributed by atoms with Gasteiger partial charge in [-0.3, -0.25) is 14.7 Å². The molecule has 156 valence electrons. The molecule has 3 heterocycles. The third-order valence-electron chi connectivity index (χ3n) is 5.75. The molecule has 8 nitrogen and oxygen atoms in total. The van der Waals surface area contributed by atoms with Gasteiger partial charge in [0.05, 0.1) is 23.3 Å².